The summed E-state index contributed by atoms with van der Waals surface area (Å²) in [4.78, 5) is 34.5. The number of nitrogens with one attached hydrogen (secondary N) is 2. The molecule has 0 aromatic rings. The zero-order valence-electron chi connectivity index (χ0n) is 10.3. The molecule has 4 N–H and O–H groups in total. The summed E-state index contributed by atoms with van der Waals surface area (Å²) >= 11 is 0. The maximum atomic E-state index is 12.0. The fourth-order valence-electron chi connectivity index (χ4n) is 1.87. The van der Waals surface area contributed by atoms with Crippen LogP contribution in [0.15, 0.2) is 35.6 Å². The Balaban J connectivity index is 2.01. The van der Waals surface area contributed by atoms with E-state index in [1.807, 2.05) is 0 Å². The molecule has 1 aliphatic carbocycles. The van der Waals surface area contributed by atoms with Crippen LogP contribution in [0.1, 0.15) is 19.3 Å². The van der Waals surface area contributed by atoms with Crippen LogP contribution in [0.4, 0.5) is 0 Å². The highest BCUT2D eigenvalue weighted by Crippen LogP contribution is 2.10. The van der Waals surface area contributed by atoms with Crippen molar-refractivity contribution < 1.29 is 14.4 Å². The number of rotatable bonds is 2. The Morgan fingerprint density at radius 3 is 2.89 bits per heavy atom. The van der Waals surface area contributed by atoms with Crippen molar-refractivity contribution in [2.75, 3.05) is 0 Å². The molecule has 3 amide bonds. The molecule has 2 aliphatic rings. The quantitative estimate of drug-likeness (QED) is 0.591. The highest BCUT2D eigenvalue weighted by atomic mass is 16.2. The van der Waals surface area contributed by atoms with Crippen molar-refractivity contribution in [1.29, 1.82) is 0 Å². The van der Waals surface area contributed by atoms with E-state index in [0.717, 1.165) is 0 Å². The molecule has 19 heavy (non-hydrogen) atoms. The molecule has 6 nitrogen and oxygen atoms in total. The summed E-state index contributed by atoms with van der Waals surface area (Å²) in [7, 11) is 0. The van der Waals surface area contributed by atoms with Crippen LogP contribution in [-0.4, -0.2) is 23.8 Å². The van der Waals surface area contributed by atoms with Gasteiger partial charge in [0.15, 0.2) is 0 Å². The fraction of sp³-hybridized carbons (Fsp3) is 0.308. The van der Waals surface area contributed by atoms with Gasteiger partial charge in [0.05, 0.1) is 0 Å². The van der Waals surface area contributed by atoms with Gasteiger partial charge in [0.2, 0.25) is 11.8 Å². The van der Waals surface area contributed by atoms with Gasteiger partial charge in [-0.2, -0.15) is 0 Å². The lowest BCUT2D eigenvalue weighted by Crippen LogP contribution is -2.52. The summed E-state index contributed by atoms with van der Waals surface area (Å²) in [6.45, 7) is 0. The Morgan fingerprint density at radius 1 is 1.37 bits per heavy atom. The van der Waals surface area contributed by atoms with Crippen LogP contribution in [0.5, 0.6) is 0 Å². The highest BCUT2D eigenvalue weighted by Gasteiger charge is 2.28. The maximum absolute atomic E-state index is 12.0. The first kappa shape index (κ1) is 13.1. The van der Waals surface area contributed by atoms with E-state index >= 15 is 0 Å². The summed E-state index contributed by atoms with van der Waals surface area (Å²) in [5, 5.41) is 4.80. The summed E-state index contributed by atoms with van der Waals surface area (Å²) in [6.07, 6.45) is 7.88. The van der Waals surface area contributed by atoms with Crippen LogP contribution in [0.25, 0.3) is 0 Å². The molecule has 1 saturated heterocycles. The molecular formula is C13H15N3O3. The molecule has 0 aromatic carbocycles. The van der Waals surface area contributed by atoms with E-state index in [0.29, 0.717) is 24.1 Å². The Bertz CT molecular complexity index is 517. The second kappa shape index (κ2) is 5.51. The molecule has 100 valence electrons. The topological polar surface area (TPSA) is 101 Å². The molecule has 1 heterocycles. The lowest BCUT2D eigenvalue weighted by molar-refractivity contribution is -0.136. The van der Waals surface area contributed by atoms with Crippen molar-refractivity contribution in [2.24, 2.45) is 5.73 Å². The van der Waals surface area contributed by atoms with E-state index in [1.165, 1.54) is 0 Å². The van der Waals surface area contributed by atoms with E-state index in [9.17, 15) is 14.4 Å². The SMILES string of the molecule is NC1=CC=C(C(=O)N[C@@H]2CCC(=O)NC2=O)C=CC1. The van der Waals surface area contributed by atoms with Gasteiger partial charge < -0.3 is 11.1 Å². The standard InChI is InChI=1S/C13H15N3O3/c14-9-3-1-2-8(4-5-9)12(18)15-10-6-7-11(17)16-13(10)19/h1-2,4-5,10H,3,6-7,14H2,(H,15,18)(H,16,17,19)/t10-/m1/s1. The van der Waals surface area contributed by atoms with Gasteiger partial charge in [-0.3, -0.25) is 19.7 Å². The number of carbonyl (C=O) groups excluding carboxylic acids is 3. The minimum absolute atomic E-state index is 0.235. The minimum Gasteiger partial charge on any atom is -0.402 e. The molecule has 1 atom stereocenters. The number of piperidine rings is 1. The summed E-state index contributed by atoms with van der Waals surface area (Å²) in [5.74, 6) is -1.12. The van der Waals surface area contributed by atoms with Gasteiger partial charge in [0.25, 0.3) is 5.91 Å². The molecule has 1 fully saturated rings. The Kier molecular flexibility index (Phi) is 3.79. The van der Waals surface area contributed by atoms with Gasteiger partial charge in [0, 0.05) is 24.1 Å². The lowest BCUT2D eigenvalue weighted by Gasteiger charge is -2.21. The second-order valence-electron chi connectivity index (χ2n) is 4.45. The van der Waals surface area contributed by atoms with Crippen molar-refractivity contribution in [3.05, 3.63) is 35.6 Å². The van der Waals surface area contributed by atoms with E-state index in [4.69, 9.17) is 5.73 Å². The maximum Gasteiger partial charge on any atom is 0.251 e. The average molecular weight is 261 g/mol. The molecule has 0 spiro atoms. The zero-order chi connectivity index (χ0) is 13.8. The largest absolute Gasteiger partial charge is 0.402 e. The lowest BCUT2D eigenvalue weighted by atomic mass is 10.1. The number of amides is 3. The average Bonchev–Trinajstić information content (AvgIpc) is 2.57. The Morgan fingerprint density at radius 2 is 2.16 bits per heavy atom. The number of nitrogens with two attached hydrogens (primary N) is 1. The van der Waals surface area contributed by atoms with Crippen molar-refractivity contribution >= 4 is 17.7 Å². The first-order valence-electron chi connectivity index (χ1n) is 6.03. The molecule has 0 radical (unpaired) electrons. The predicted molar refractivity (Wildman–Crippen MR) is 68.4 cm³/mol. The number of hydrogen-bond acceptors (Lipinski definition) is 4. The van der Waals surface area contributed by atoms with Crippen LogP contribution in [-0.2, 0) is 14.4 Å². The summed E-state index contributed by atoms with van der Waals surface area (Å²) in [5.41, 5.74) is 6.75. The zero-order valence-corrected chi connectivity index (χ0v) is 10.3. The van der Waals surface area contributed by atoms with Gasteiger partial charge in [0.1, 0.15) is 6.04 Å². The van der Waals surface area contributed by atoms with Gasteiger partial charge in [-0.15, -0.1) is 0 Å². The van der Waals surface area contributed by atoms with Crippen molar-refractivity contribution in [3.8, 4) is 0 Å². The van der Waals surface area contributed by atoms with Gasteiger partial charge in [-0.1, -0.05) is 12.2 Å². The molecule has 0 saturated carbocycles. The highest BCUT2D eigenvalue weighted by molar-refractivity contribution is 6.04. The second-order valence-corrected chi connectivity index (χ2v) is 4.45. The van der Waals surface area contributed by atoms with Gasteiger partial charge in [-0.25, -0.2) is 0 Å². The third-order valence-corrected chi connectivity index (χ3v) is 2.93. The molecule has 6 heteroatoms. The summed E-state index contributed by atoms with van der Waals surface area (Å²) in [6, 6.07) is -0.663. The third-order valence-electron chi connectivity index (χ3n) is 2.93. The van der Waals surface area contributed by atoms with E-state index in [2.05, 4.69) is 10.6 Å². The number of hydrogen-bond donors (Lipinski definition) is 3. The van der Waals surface area contributed by atoms with Crippen LogP contribution in [0.2, 0.25) is 0 Å². The monoisotopic (exact) mass is 261 g/mol. The molecule has 0 aromatic heterocycles. The van der Waals surface area contributed by atoms with Crippen molar-refractivity contribution in [3.63, 3.8) is 0 Å². The van der Waals surface area contributed by atoms with E-state index in [1.54, 1.807) is 24.3 Å². The predicted octanol–water partition coefficient (Wildman–Crippen LogP) is -0.363. The fourth-order valence-corrected chi connectivity index (χ4v) is 1.87. The molecule has 0 bridgehead atoms. The molecular weight excluding hydrogens is 246 g/mol. The Hall–Kier alpha value is -2.37. The first-order chi connectivity index (χ1) is 9.06. The van der Waals surface area contributed by atoms with Crippen LogP contribution >= 0.6 is 0 Å². The van der Waals surface area contributed by atoms with Crippen molar-refractivity contribution in [1.82, 2.24) is 10.6 Å². The van der Waals surface area contributed by atoms with E-state index < -0.39 is 11.9 Å². The molecule has 1 aliphatic heterocycles. The minimum atomic E-state index is -0.663. The van der Waals surface area contributed by atoms with Crippen LogP contribution < -0.4 is 16.4 Å². The molecule has 0 unspecified atom stereocenters. The van der Waals surface area contributed by atoms with Crippen molar-refractivity contribution in [2.45, 2.75) is 25.3 Å². The molecule has 2 rings (SSSR count). The number of imide groups is 1. The first-order valence-corrected chi connectivity index (χ1v) is 6.03. The van der Waals surface area contributed by atoms with Crippen LogP contribution in [0, 0.1) is 0 Å². The van der Waals surface area contributed by atoms with E-state index in [-0.39, 0.29) is 18.2 Å². The van der Waals surface area contributed by atoms with Gasteiger partial charge >= 0.3 is 0 Å². The normalized spacial score (nSPS) is 23.1. The third kappa shape index (κ3) is 3.31. The smallest absolute Gasteiger partial charge is 0.251 e. The number of allylic oxidation sites excluding steroid dienone is 3. The van der Waals surface area contributed by atoms with Crippen LogP contribution in [0.3, 0.4) is 0 Å². The number of carbonyl (C=O) groups is 3. The Labute approximate surface area is 110 Å². The summed E-state index contributed by atoms with van der Waals surface area (Å²) < 4.78 is 0. The van der Waals surface area contributed by atoms with Gasteiger partial charge in [-0.05, 0) is 18.6 Å².